The molecule has 1 heterocycles. The summed E-state index contributed by atoms with van der Waals surface area (Å²) in [6.45, 7) is 35.6. The molecule has 0 spiro atoms. The Morgan fingerprint density at radius 2 is 0.877 bits per heavy atom. The Morgan fingerprint density at radius 3 is 1.14 bits per heavy atom. The number of methoxy groups -OCH3 is 2. The largest absolute Gasteiger partial charge is 0.496 e. The van der Waals surface area contributed by atoms with E-state index in [1.807, 2.05) is 28.1 Å². The average Bonchev–Trinajstić information content (AvgIpc) is 3.60. The van der Waals surface area contributed by atoms with Crippen LogP contribution < -0.4 is 20.1 Å². The van der Waals surface area contributed by atoms with Crippen molar-refractivity contribution in [2.24, 2.45) is 0 Å². The second-order valence-corrected chi connectivity index (χ2v) is 24.7. The summed E-state index contributed by atoms with van der Waals surface area (Å²) < 4.78 is 15.9. The van der Waals surface area contributed by atoms with Gasteiger partial charge in [-0.2, -0.15) is 0 Å². The van der Waals surface area contributed by atoms with Gasteiger partial charge in [0.05, 0.1) is 14.2 Å². The van der Waals surface area contributed by atoms with Crippen molar-refractivity contribution in [1.29, 1.82) is 0 Å². The zero-order valence-electron chi connectivity index (χ0n) is 38.9. The molecule has 0 aliphatic carbocycles. The highest BCUT2D eigenvalue weighted by molar-refractivity contribution is 7.79. The van der Waals surface area contributed by atoms with Crippen molar-refractivity contribution < 1.29 is 9.47 Å². The number of rotatable bonds is 11. The molecule has 1 fully saturated rings. The van der Waals surface area contributed by atoms with Gasteiger partial charge in [0.2, 0.25) is 0 Å². The van der Waals surface area contributed by atoms with Gasteiger partial charge in [-0.1, -0.05) is 171 Å². The topological polar surface area (TPSA) is 21.7 Å². The van der Waals surface area contributed by atoms with E-state index in [1.54, 1.807) is 0 Å². The standard InChI is InChI=1S/C50H71NO2P2.C2H6/c1-16-17-30-51(55-43(35-24-20-18-21-25-35)28-29-44(55)36-26-22-19-23-27-36)54(37-31-39(47(2,3)4)45(52-14)40(32-37)48(5,6)7)38-33-41(49(8,9)10)46(53-15)42(34-38)50(11,12)13;1-2/h18-27,31-34,43-44H,16-17,28-30H2,1-15H3;1-2H3/t43-,44-;/m1./s1. The molecule has 3 nitrogen and oxygen atoms in total. The molecule has 0 bridgehead atoms. The average molecular weight is 810 g/mol. The molecular formula is C52H77NO2P2. The molecule has 0 saturated carbocycles. The van der Waals surface area contributed by atoms with Gasteiger partial charge < -0.3 is 9.47 Å². The van der Waals surface area contributed by atoms with E-state index in [0.29, 0.717) is 11.3 Å². The summed E-state index contributed by atoms with van der Waals surface area (Å²) in [5.74, 6) is 2.07. The molecule has 5 rings (SSSR count). The molecule has 0 radical (unpaired) electrons. The van der Waals surface area contributed by atoms with Crippen LogP contribution in [-0.2, 0) is 21.7 Å². The van der Waals surface area contributed by atoms with Gasteiger partial charge in [-0.15, -0.1) is 0 Å². The summed E-state index contributed by atoms with van der Waals surface area (Å²) in [6, 6.07) is 33.2. The van der Waals surface area contributed by atoms with Crippen LogP contribution in [0.25, 0.3) is 0 Å². The van der Waals surface area contributed by atoms with Gasteiger partial charge in [-0.05, 0) is 95.0 Å². The second kappa shape index (κ2) is 19.1. The molecule has 1 saturated heterocycles. The Morgan fingerprint density at radius 1 is 0.561 bits per heavy atom. The maximum absolute atomic E-state index is 6.38. The van der Waals surface area contributed by atoms with E-state index in [2.05, 4.69) is 179 Å². The lowest BCUT2D eigenvalue weighted by molar-refractivity contribution is 0.381. The van der Waals surface area contributed by atoms with E-state index in [1.165, 1.54) is 56.8 Å². The molecule has 0 N–H and O–H groups in total. The highest BCUT2D eigenvalue weighted by Gasteiger charge is 2.45. The molecule has 57 heavy (non-hydrogen) atoms. The van der Waals surface area contributed by atoms with Crippen LogP contribution in [0.1, 0.15) is 174 Å². The fraction of sp³-hybridized carbons (Fsp3) is 0.538. The number of hydrogen-bond acceptors (Lipinski definition) is 3. The molecule has 1 aliphatic heterocycles. The van der Waals surface area contributed by atoms with Crippen molar-refractivity contribution >= 4 is 26.8 Å². The number of nitrogens with zero attached hydrogens (tertiary/aromatic N) is 1. The van der Waals surface area contributed by atoms with Crippen LogP contribution in [0, 0.1) is 0 Å². The van der Waals surface area contributed by atoms with Gasteiger partial charge in [0.15, 0.2) is 0 Å². The number of benzene rings is 4. The highest BCUT2D eigenvalue weighted by Crippen LogP contribution is 2.76. The zero-order chi connectivity index (χ0) is 42.5. The number of ether oxygens (including phenoxy) is 2. The predicted octanol–water partition coefficient (Wildman–Crippen LogP) is 15.0. The maximum atomic E-state index is 6.38. The van der Waals surface area contributed by atoms with Crippen LogP contribution in [0.4, 0.5) is 0 Å². The fourth-order valence-corrected chi connectivity index (χ4v) is 15.9. The zero-order valence-corrected chi connectivity index (χ0v) is 40.7. The lowest BCUT2D eigenvalue weighted by Crippen LogP contribution is -2.32. The van der Waals surface area contributed by atoms with E-state index in [4.69, 9.17) is 9.47 Å². The molecule has 5 heteroatoms. The summed E-state index contributed by atoms with van der Waals surface area (Å²) >= 11 is 0. The van der Waals surface area contributed by atoms with Crippen LogP contribution in [0.15, 0.2) is 84.9 Å². The quantitative estimate of drug-likeness (QED) is 0.141. The first kappa shape index (κ1) is 47.0. The first-order valence-electron chi connectivity index (χ1n) is 21.6. The first-order chi connectivity index (χ1) is 26.7. The Balaban J connectivity index is 0.00000354. The summed E-state index contributed by atoms with van der Waals surface area (Å²) in [5.41, 5.74) is 8.67. The minimum Gasteiger partial charge on any atom is -0.496 e. The molecule has 4 aromatic carbocycles. The molecule has 312 valence electrons. The van der Waals surface area contributed by atoms with Crippen LogP contribution in [0.5, 0.6) is 11.5 Å². The lowest BCUT2D eigenvalue weighted by Gasteiger charge is -2.44. The lowest BCUT2D eigenvalue weighted by atomic mass is 9.79. The van der Waals surface area contributed by atoms with E-state index in [0.717, 1.165) is 30.9 Å². The summed E-state index contributed by atoms with van der Waals surface area (Å²) in [6.07, 6.45) is 4.71. The third kappa shape index (κ3) is 10.7. The van der Waals surface area contributed by atoms with E-state index in [-0.39, 0.29) is 21.7 Å². The van der Waals surface area contributed by atoms with Crippen molar-refractivity contribution in [3.63, 3.8) is 0 Å². The molecule has 4 aromatic rings. The van der Waals surface area contributed by atoms with Gasteiger partial charge in [0.25, 0.3) is 0 Å². The van der Waals surface area contributed by atoms with Crippen LogP contribution in [0.2, 0.25) is 0 Å². The minimum atomic E-state index is -1.01. The molecule has 0 amide bonds. The third-order valence-corrected chi connectivity index (χ3v) is 17.6. The van der Waals surface area contributed by atoms with Gasteiger partial charge in [-0.3, -0.25) is 4.44 Å². The van der Waals surface area contributed by atoms with Crippen molar-refractivity contribution in [1.82, 2.24) is 4.44 Å². The fourth-order valence-electron chi connectivity index (χ4n) is 8.28. The number of hydrogen-bond donors (Lipinski definition) is 0. The number of unbranched alkanes of at least 4 members (excludes halogenated alkanes) is 1. The van der Waals surface area contributed by atoms with Crippen molar-refractivity contribution in [2.45, 2.75) is 163 Å². The summed E-state index contributed by atoms with van der Waals surface area (Å²) in [7, 11) is 2.06. The third-order valence-electron chi connectivity index (χ3n) is 11.2. The SMILES string of the molecule is CC.CCCCN(P(c1cc(C(C)(C)C)c(OC)c(C(C)(C)C)c1)c1cc(C(C)(C)C)c(OC)c(C(C)(C)C)c1)P1[C@@H](c2ccccc2)CC[C@@H]1c1ccccc1. The molecule has 0 unspecified atom stereocenters. The Kier molecular flexibility index (Phi) is 15.8. The van der Waals surface area contributed by atoms with Gasteiger partial charge in [0, 0.05) is 48.2 Å². The van der Waals surface area contributed by atoms with Gasteiger partial charge in [-0.25, -0.2) is 0 Å². The van der Waals surface area contributed by atoms with Crippen molar-refractivity contribution in [3.05, 3.63) is 118 Å². The van der Waals surface area contributed by atoms with Crippen molar-refractivity contribution in [2.75, 3.05) is 20.8 Å². The second-order valence-electron chi connectivity index (χ2n) is 19.7. The van der Waals surface area contributed by atoms with E-state index in [9.17, 15) is 0 Å². The minimum absolute atomic E-state index is 0.110. The van der Waals surface area contributed by atoms with E-state index < -0.39 is 16.1 Å². The Labute approximate surface area is 352 Å². The summed E-state index contributed by atoms with van der Waals surface area (Å²) in [5, 5.41) is 2.86. The van der Waals surface area contributed by atoms with Gasteiger partial charge in [0.1, 0.15) is 11.5 Å². The Hall–Kier alpha value is -2.70. The first-order valence-corrected chi connectivity index (χ1v) is 24.4. The normalized spacial score (nSPS) is 16.8. The highest BCUT2D eigenvalue weighted by atomic mass is 31.2. The predicted molar refractivity (Wildman–Crippen MR) is 254 cm³/mol. The molecular weight excluding hydrogens is 733 g/mol. The summed E-state index contributed by atoms with van der Waals surface area (Å²) in [4.78, 5) is 0. The van der Waals surface area contributed by atoms with Crippen LogP contribution in [0.3, 0.4) is 0 Å². The molecule has 1 aliphatic rings. The maximum Gasteiger partial charge on any atom is 0.126 e. The monoisotopic (exact) mass is 810 g/mol. The van der Waals surface area contributed by atoms with E-state index >= 15 is 0 Å². The van der Waals surface area contributed by atoms with Gasteiger partial charge >= 0.3 is 0 Å². The van der Waals surface area contributed by atoms with Crippen molar-refractivity contribution in [3.8, 4) is 11.5 Å². The molecule has 2 atom stereocenters. The van der Waals surface area contributed by atoms with Crippen LogP contribution >= 0.6 is 16.1 Å². The smallest absolute Gasteiger partial charge is 0.126 e. The Bertz CT molecular complexity index is 1680. The van der Waals surface area contributed by atoms with Crippen LogP contribution in [-0.4, -0.2) is 25.2 Å². The molecule has 0 aromatic heterocycles.